The van der Waals surface area contributed by atoms with Gasteiger partial charge in [-0.05, 0) is 30.5 Å². The molecule has 1 amide bonds. The Bertz CT molecular complexity index is 391. The van der Waals surface area contributed by atoms with Gasteiger partial charge >= 0.3 is 0 Å². The minimum absolute atomic E-state index is 0.101. The summed E-state index contributed by atoms with van der Waals surface area (Å²) >= 11 is 0. The Morgan fingerprint density at radius 3 is 2.76 bits per heavy atom. The minimum atomic E-state index is -0.101. The zero-order valence-electron chi connectivity index (χ0n) is 10.6. The second kappa shape index (κ2) is 6.25. The Hall–Kier alpha value is -1.55. The van der Waals surface area contributed by atoms with Gasteiger partial charge in [0.2, 0.25) is 5.91 Å². The van der Waals surface area contributed by atoms with Crippen LogP contribution in [0.3, 0.4) is 0 Å². The Morgan fingerprint density at radius 1 is 1.53 bits per heavy atom. The van der Waals surface area contributed by atoms with Crippen molar-refractivity contribution < 1.29 is 9.53 Å². The van der Waals surface area contributed by atoms with Crippen molar-refractivity contribution in [2.24, 2.45) is 5.73 Å². The Balaban J connectivity index is 3.13. The maximum absolute atomic E-state index is 11.2. The number of anilines is 1. The highest BCUT2D eigenvalue weighted by Crippen LogP contribution is 2.34. The number of para-hydroxylation sites is 1. The van der Waals surface area contributed by atoms with Gasteiger partial charge in [0.1, 0.15) is 5.75 Å². The van der Waals surface area contributed by atoms with Crippen molar-refractivity contribution in [2.45, 2.75) is 26.2 Å². The van der Waals surface area contributed by atoms with Crippen molar-refractivity contribution in [1.82, 2.24) is 0 Å². The third-order valence-corrected chi connectivity index (χ3v) is 2.71. The molecular weight excluding hydrogens is 216 g/mol. The lowest BCUT2D eigenvalue weighted by Crippen LogP contribution is -2.12. The van der Waals surface area contributed by atoms with Crippen LogP contribution in [0.4, 0.5) is 5.69 Å². The van der Waals surface area contributed by atoms with Crippen LogP contribution in [-0.2, 0) is 4.79 Å². The monoisotopic (exact) mass is 236 g/mol. The molecule has 0 aromatic heterocycles. The molecule has 0 saturated heterocycles. The number of hydrogen-bond acceptors (Lipinski definition) is 3. The molecular formula is C13H20N2O2. The second-order valence-corrected chi connectivity index (χ2v) is 4.08. The molecule has 0 saturated carbocycles. The standard InChI is InChI=1S/C13H20N2O2/c1-9(7-8-14)11-5-4-6-12(17-3)13(11)15-10(2)16/h4-6,9H,7-8,14H2,1-3H3,(H,15,16). The molecule has 4 heteroatoms. The van der Waals surface area contributed by atoms with Crippen LogP contribution in [0.1, 0.15) is 31.7 Å². The van der Waals surface area contributed by atoms with Crippen molar-refractivity contribution in [3.05, 3.63) is 23.8 Å². The topological polar surface area (TPSA) is 64.3 Å². The first-order valence-corrected chi connectivity index (χ1v) is 5.74. The summed E-state index contributed by atoms with van der Waals surface area (Å²) in [5.74, 6) is 0.870. The molecule has 0 aliphatic rings. The van der Waals surface area contributed by atoms with E-state index in [4.69, 9.17) is 10.5 Å². The fourth-order valence-corrected chi connectivity index (χ4v) is 1.84. The molecule has 94 valence electrons. The number of hydrogen-bond donors (Lipinski definition) is 2. The lowest BCUT2D eigenvalue weighted by Gasteiger charge is -2.18. The summed E-state index contributed by atoms with van der Waals surface area (Å²) in [5, 5.41) is 2.83. The molecule has 1 rings (SSSR count). The molecule has 1 atom stereocenters. The molecule has 0 spiro atoms. The Morgan fingerprint density at radius 2 is 2.24 bits per heavy atom. The largest absolute Gasteiger partial charge is 0.495 e. The van der Waals surface area contributed by atoms with Gasteiger partial charge in [-0.15, -0.1) is 0 Å². The van der Waals surface area contributed by atoms with Crippen molar-refractivity contribution in [1.29, 1.82) is 0 Å². The molecule has 0 aliphatic heterocycles. The molecule has 1 aromatic rings. The lowest BCUT2D eigenvalue weighted by molar-refractivity contribution is -0.114. The van der Waals surface area contributed by atoms with Crippen molar-refractivity contribution in [3.63, 3.8) is 0 Å². The molecule has 4 nitrogen and oxygen atoms in total. The van der Waals surface area contributed by atoms with Gasteiger partial charge in [-0.1, -0.05) is 19.1 Å². The predicted octanol–water partition coefficient (Wildman–Crippen LogP) is 2.11. The van der Waals surface area contributed by atoms with E-state index in [1.807, 2.05) is 18.2 Å². The Kier molecular flexibility index (Phi) is 4.97. The summed E-state index contributed by atoms with van der Waals surface area (Å²) < 4.78 is 5.27. The maximum atomic E-state index is 11.2. The number of methoxy groups -OCH3 is 1. The second-order valence-electron chi connectivity index (χ2n) is 4.08. The molecule has 0 heterocycles. The maximum Gasteiger partial charge on any atom is 0.221 e. The van der Waals surface area contributed by atoms with E-state index in [1.54, 1.807) is 7.11 Å². The molecule has 3 N–H and O–H groups in total. The highest BCUT2D eigenvalue weighted by molar-refractivity contribution is 5.91. The predicted molar refractivity (Wildman–Crippen MR) is 69.4 cm³/mol. The normalized spacial score (nSPS) is 12.0. The van der Waals surface area contributed by atoms with E-state index in [0.717, 1.165) is 17.7 Å². The van der Waals surface area contributed by atoms with Gasteiger partial charge in [0.25, 0.3) is 0 Å². The molecule has 1 aromatic carbocycles. The third kappa shape index (κ3) is 3.46. The van der Waals surface area contributed by atoms with Crippen molar-refractivity contribution >= 4 is 11.6 Å². The summed E-state index contributed by atoms with van der Waals surface area (Å²) in [6.07, 6.45) is 0.875. The van der Waals surface area contributed by atoms with E-state index in [-0.39, 0.29) is 11.8 Å². The quantitative estimate of drug-likeness (QED) is 0.823. The molecule has 0 aliphatic carbocycles. The molecule has 0 fully saturated rings. The van der Waals surface area contributed by atoms with Crippen LogP contribution in [0.5, 0.6) is 5.75 Å². The van der Waals surface area contributed by atoms with Gasteiger partial charge in [0.15, 0.2) is 0 Å². The number of carbonyl (C=O) groups excluding carboxylic acids is 1. The van der Waals surface area contributed by atoms with Gasteiger partial charge < -0.3 is 15.8 Å². The summed E-state index contributed by atoms with van der Waals surface area (Å²) in [5.41, 5.74) is 7.38. The smallest absolute Gasteiger partial charge is 0.221 e. The van der Waals surface area contributed by atoms with Crippen LogP contribution in [-0.4, -0.2) is 19.6 Å². The van der Waals surface area contributed by atoms with E-state index >= 15 is 0 Å². The van der Waals surface area contributed by atoms with E-state index in [9.17, 15) is 4.79 Å². The number of nitrogens with one attached hydrogen (secondary N) is 1. The van der Waals surface area contributed by atoms with Crippen molar-refractivity contribution in [3.8, 4) is 5.75 Å². The number of ether oxygens (including phenoxy) is 1. The number of nitrogens with two attached hydrogens (primary N) is 1. The SMILES string of the molecule is COc1cccc(C(C)CCN)c1NC(C)=O. The van der Waals surface area contributed by atoms with Crippen LogP contribution in [0.25, 0.3) is 0 Å². The Labute approximate surface area is 102 Å². The average Bonchev–Trinajstić information content (AvgIpc) is 2.28. The highest BCUT2D eigenvalue weighted by Gasteiger charge is 2.15. The first-order chi connectivity index (χ1) is 8.10. The fourth-order valence-electron chi connectivity index (χ4n) is 1.84. The van der Waals surface area contributed by atoms with Crippen LogP contribution in [0.15, 0.2) is 18.2 Å². The van der Waals surface area contributed by atoms with Gasteiger partial charge in [-0.2, -0.15) is 0 Å². The first-order valence-electron chi connectivity index (χ1n) is 5.74. The van der Waals surface area contributed by atoms with Gasteiger partial charge in [-0.3, -0.25) is 4.79 Å². The summed E-state index contributed by atoms with van der Waals surface area (Å²) in [7, 11) is 1.60. The van der Waals surface area contributed by atoms with Crippen LogP contribution in [0, 0.1) is 0 Å². The summed E-state index contributed by atoms with van der Waals surface area (Å²) in [4.78, 5) is 11.2. The lowest BCUT2D eigenvalue weighted by atomic mass is 9.95. The van der Waals surface area contributed by atoms with Gasteiger partial charge in [0, 0.05) is 6.92 Å². The molecule has 1 unspecified atom stereocenters. The number of carbonyl (C=O) groups is 1. The molecule has 0 radical (unpaired) electrons. The average molecular weight is 236 g/mol. The number of rotatable bonds is 5. The van der Waals surface area contributed by atoms with E-state index < -0.39 is 0 Å². The molecule has 17 heavy (non-hydrogen) atoms. The minimum Gasteiger partial charge on any atom is -0.495 e. The van der Waals surface area contributed by atoms with Crippen LogP contribution >= 0.6 is 0 Å². The first kappa shape index (κ1) is 13.5. The number of amides is 1. The van der Waals surface area contributed by atoms with Crippen LogP contribution in [0.2, 0.25) is 0 Å². The zero-order chi connectivity index (χ0) is 12.8. The van der Waals surface area contributed by atoms with Gasteiger partial charge in [-0.25, -0.2) is 0 Å². The fraction of sp³-hybridized carbons (Fsp3) is 0.462. The van der Waals surface area contributed by atoms with E-state index in [2.05, 4.69) is 12.2 Å². The summed E-state index contributed by atoms with van der Waals surface area (Å²) in [6.45, 7) is 4.20. The van der Waals surface area contributed by atoms with E-state index in [1.165, 1.54) is 6.92 Å². The van der Waals surface area contributed by atoms with Crippen molar-refractivity contribution in [2.75, 3.05) is 19.0 Å². The zero-order valence-corrected chi connectivity index (χ0v) is 10.6. The number of benzene rings is 1. The molecule has 0 bridgehead atoms. The van der Waals surface area contributed by atoms with Gasteiger partial charge in [0.05, 0.1) is 12.8 Å². The third-order valence-electron chi connectivity index (χ3n) is 2.71. The van der Waals surface area contributed by atoms with Crippen LogP contribution < -0.4 is 15.8 Å². The van der Waals surface area contributed by atoms with E-state index in [0.29, 0.717) is 12.3 Å². The summed E-state index contributed by atoms with van der Waals surface area (Å²) in [6, 6.07) is 5.75. The highest BCUT2D eigenvalue weighted by atomic mass is 16.5.